The van der Waals surface area contributed by atoms with E-state index in [1.807, 2.05) is 6.92 Å². The maximum atomic E-state index is 11.3. The van der Waals surface area contributed by atoms with Gasteiger partial charge in [-0.3, -0.25) is 9.59 Å². The summed E-state index contributed by atoms with van der Waals surface area (Å²) in [5, 5.41) is 12.2. The summed E-state index contributed by atoms with van der Waals surface area (Å²) in [7, 11) is 0. The number of carbonyl (C=O) groups excluding carboxylic acids is 1. The Kier molecular flexibility index (Phi) is 4.94. The van der Waals surface area contributed by atoms with Crippen LogP contribution in [0, 0.1) is 5.41 Å². The zero-order valence-corrected chi connectivity index (χ0v) is 12.5. The molecule has 0 fully saturated rings. The summed E-state index contributed by atoms with van der Waals surface area (Å²) >= 11 is 3.26. The molecule has 1 unspecified atom stereocenters. The quantitative estimate of drug-likeness (QED) is 0.747. The van der Waals surface area contributed by atoms with Crippen molar-refractivity contribution < 1.29 is 14.7 Å². The smallest absolute Gasteiger partial charge is 0.311 e. The number of carbonyl (C=O) groups is 2. The highest BCUT2D eigenvalue weighted by Crippen LogP contribution is 2.25. The number of anilines is 1. The molecule has 0 radical (unpaired) electrons. The van der Waals surface area contributed by atoms with Gasteiger partial charge in [-0.05, 0) is 31.5 Å². The fraction of sp³-hybridized carbons (Fsp3) is 0.385. The van der Waals surface area contributed by atoms with E-state index in [1.165, 1.54) is 0 Å². The van der Waals surface area contributed by atoms with Crippen LogP contribution in [0.1, 0.15) is 30.6 Å². The van der Waals surface area contributed by atoms with E-state index in [4.69, 9.17) is 5.73 Å². The molecule has 0 aliphatic carbocycles. The molecular weight excluding hydrogens is 312 g/mol. The molecular formula is C13H17BrN2O3. The van der Waals surface area contributed by atoms with E-state index in [-0.39, 0.29) is 6.54 Å². The van der Waals surface area contributed by atoms with Crippen LogP contribution in [-0.2, 0) is 4.79 Å². The molecule has 0 saturated heterocycles. The van der Waals surface area contributed by atoms with E-state index >= 15 is 0 Å². The molecule has 0 saturated carbocycles. The molecule has 104 valence electrons. The third-order valence-electron chi connectivity index (χ3n) is 3.21. The van der Waals surface area contributed by atoms with Crippen LogP contribution in [0.5, 0.6) is 0 Å². The van der Waals surface area contributed by atoms with Crippen molar-refractivity contribution in [3.8, 4) is 0 Å². The average molecular weight is 329 g/mol. The normalized spacial score (nSPS) is 13.6. The minimum absolute atomic E-state index is 0.223. The lowest BCUT2D eigenvalue weighted by Crippen LogP contribution is -2.34. The van der Waals surface area contributed by atoms with Crippen molar-refractivity contribution >= 4 is 33.5 Å². The Morgan fingerprint density at radius 3 is 2.58 bits per heavy atom. The first kappa shape index (κ1) is 15.5. The molecule has 0 spiro atoms. The Hall–Kier alpha value is -1.56. The summed E-state index contributed by atoms with van der Waals surface area (Å²) in [6.07, 6.45) is 0.484. The molecule has 0 aromatic heterocycles. The number of halogens is 1. The van der Waals surface area contributed by atoms with E-state index in [1.54, 1.807) is 25.1 Å². The first-order valence-corrected chi connectivity index (χ1v) is 6.66. The Balaban J connectivity index is 2.95. The number of rotatable bonds is 6. The molecule has 1 aromatic carbocycles. The van der Waals surface area contributed by atoms with E-state index in [0.29, 0.717) is 17.7 Å². The lowest BCUT2D eigenvalue weighted by atomic mass is 9.87. The molecule has 0 heterocycles. The number of carboxylic acids is 1. The summed E-state index contributed by atoms with van der Waals surface area (Å²) in [5.74, 6) is -1.43. The fourth-order valence-corrected chi connectivity index (χ4v) is 1.88. The second kappa shape index (κ2) is 6.06. The molecule has 0 aliphatic heterocycles. The number of nitrogens with one attached hydrogen (secondary N) is 1. The second-order valence-electron chi connectivity index (χ2n) is 4.63. The van der Waals surface area contributed by atoms with Crippen molar-refractivity contribution in [2.75, 3.05) is 11.9 Å². The number of primary amides is 1. The standard InChI is InChI=1S/C13H17BrN2O3/c1-3-13(2,12(18)19)7-16-10-5-4-8(14)6-9(10)11(15)17/h4-6,16H,3,7H2,1-2H3,(H2,15,17)(H,18,19). The van der Waals surface area contributed by atoms with Crippen LogP contribution in [0.4, 0.5) is 5.69 Å². The summed E-state index contributed by atoms with van der Waals surface area (Å²) in [4.78, 5) is 22.6. The largest absolute Gasteiger partial charge is 0.481 e. The molecule has 19 heavy (non-hydrogen) atoms. The SMILES string of the molecule is CCC(C)(CNc1ccc(Br)cc1C(N)=O)C(=O)O. The minimum atomic E-state index is -0.887. The number of hydrogen-bond donors (Lipinski definition) is 3. The molecule has 1 rings (SSSR count). The van der Waals surface area contributed by atoms with Crippen molar-refractivity contribution in [3.63, 3.8) is 0 Å². The van der Waals surface area contributed by atoms with Gasteiger partial charge in [0.1, 0.15) is 0 Å². The lowest BCUT2D eigenvalue weighted by Gasteiger charge is -2.24. The third kappa shape index (κ3) is 3.70. The van der Waals surface area contributed by atoms with Gasteiger partial charge in [-0.2, -0.15) is 0 Å². The highest BCUT2D eigenvalue weighted by atomic mass is 79.9. The first-order valence-electron chi connectivity index (χ1n) is 5.87. The Morgan fingerprint density at radius 1 is 1.47 bits per heavy atom. The zero-order chi connectivity index (χ0) is 14.6. The number of carboxylic acid groups (broad SMARTS) is 1. The minimum Gasteiger partial charge on any atom is -0.481 e. The van der Waals surface area contributed by atoms with Gasteiger partial charge in [-0.15, -0.1) is 0 Å². The van der Waals surface area contributed by atoms with Gasteiger partial charge in [-0.1, -0.05) is 22.9 Å². The van der Waals surface area contributed by atoms with E-state index in [9.17, 15) is 14.7 Å². The summed E-state index contributed by atoms with van der Waals surface area (Å²) in [6, 6.07) is 5.07. The van der Waals surface area contributed by atoms with Crippen LogP contribution in [0.2, 0.25) is 0 Å². The van der Waals surface area contributed by atoms with Gasteiger partial charge in [0.05, 0.1) is 11.0 Å². The zero-order valence-electron chi connectivity index (χ0n) is 10.9. The number of aliphatic carboxylic acids is 1. The van der Waals surface area contributed by atoms with Crippen LogP contribution in [0.3, 0.4) is 0 Å². The van der Waals surface area contributed by atoms with Crippen LogP contribution >= 0.6 is 15.9 Å². The highest BCUT2D eigenvalue weighted by molar-refractivity contribution is 9.10. The molecule has 0 aliphatic rings. The van der Waals surface area contributed by atoms with Gasteiger partial charge in [0.2, 0.25) is 0 Å². The summed E-state index contributed by atoms with van der Waals surface area (Å²) in [6.45, 7) is 3.69. The number of nitrogens with two attached hydrogens (primary N) is 1. The van der Waals surface area contributed by atoms with Crippen molar-refractivity contribution in [2.45, 2.75) is 20.3 Å². The number of benzene rings is 1. The maximum absolute atomic E-state index is 11.3. The van der Waals surface area contributed by atoms with Crippen LogP contribution < -0.4 is 11.1 Å². The third-order valence-corrected chi connectivity index (χ3v) is 3.71. The predicted molar refractivity (Wildman–Crippen MR) is 77.2 cm³/mol. The summed E-state index contributed by atoms with van der Waals surface area (Å²) in [5.41, 5.74) is 5.28. The van der Waals surface area contributed by atoms with Crippen LogP contribution in [-0.4, -0.2) is 23.5 Å². The van der Waals surface area contributed by atoms with Gasteiger partial charge in [0, 0.05) is 16.7 Å². The monoisotopic (exact) mass is 328 g/mol. The Morgan fingerprint density at radius 2 is 2.11 bits per heavy atom. The highest BCUT2D eigenvalue weighted by Gasteiger charge is 2.31. The average Bonchev–Trinajstić information content (AvgIpc) is 2.36. The van der Waals surface area contributed by atoms with Crippen molar-refractivity contribution in [1.82, 2.24) is 0 Å². The van der Waals surface area contributed by atoms with Gasteiger partial charge < -0.3 is 16.2 Å². The van der Waals surface area contributed by atoms with Crippen molar-refractivity contribution in [1.29, 1.82) is 0 Å². The Labute approximate surface area is 120 Å². The van der Waals surface area contributed by atoms with Gasteiger partial charge in [0.15, 0.2) is 0 Å². The second-order valence-corrected chi connectivity index (χ2v) is 5.54. The molecule has 1 aromatic rings. The van der Waals surface area contributed by atoms with Gasteiger partial charge in [0.25, 0.3) is 5.91 Å². The van der Waals surface area contributed by atoms with Crippen LogP contribution in [0.25, 0.3) is 0 Å². The van der Waals surface area contributed by atoms with Crippen molar-refractivity contribution in [3.05, 3.63) is 28.2 Å². The van der Waals surface area contributed by atoms with E-state index in [2.05, 4.69) is 21.2 Å². The molecule has 1 atom stereocenters. The van der Waals surface area contributed by atoms with Gasteiger partial charge in [-0.25, -0.2) is 0 Å². The molecule has 0 bridgehead atoms. The van der Waals surface area contributed by atoms with E-state index in [0.717, 1.165) is 4.47 Å². The van der Waals surface area contributed by atoms with E-state index < -0.39 is 17.3 Å². The van der Waals surface area contributed by atoms with Gasteiger partial charge >= 0.3 is 5.97 Å². The topological polar surface area (TPSA) is 92.4 Å². The number of amides is 1. The lowest BCUT2D eigenvalue weighted by molar-refractivity contribution is -0.147. The fourth-order valence-electron chi connectivity index (χ4n) is 1.52. The number of hydrogen-bond acceptors (Lipinski definition) is 3. The van der Waals surface area contributed by atoms with Crippen LogP contribution in [0.15, 0.2) is 22.7 Å². The first-order chi connectivity index (χ1) is 8.80. The summed E-state index contributed by atoms with van der Waals surface area (Å²) < 4.78 is 0.739. The molecule has 1 amide bonds. The Bertz CT molecular complexity index is 505. The molecule has 6 heteroatoms. The predicted octanol–water partition coefficient (Wildman–Crippen LogP) is 2.46. The maximum Gasteiger partial charge on any atom is 0.311 e. The molecule has 5 nitrogen and oxygen atoms in total. The molecule has 4 N–H and O–H groups in total. The van der Waals surface area contributed by atoms with Crippen molar-refractivity contribution in [2.24, 2.45) is 11.1 Å².